The second-order valence-corrected chi connectivity index (χ2v) is 7.13. The number of carboxylic acids is 1. The summed E-state index contributed by atoms with van der Waals surface area (Å²) in [6, 6.07) is 15.4. The quantitative estimate of drug-likeness (QED) is 0.414. The molecule has 4 aromatic rings. The van der Waals surface area contributed by atoms with E-state index in [0.717, 1.165) is 18.5 Å². The fraction of sp³-hybridized carbons (Fsp3) is 0.250. The zero-order chi connectivity index (χ0) is 24.5. The first-order chi connectivity index (χ1) is 16.5. The van der Waals surface area contributed by atoms with E-state index >= 15 is 0 Å². The maximum atomic E-state index is 11.7. The fourth-order valence-electron chi connectivity index (χ4n) is 3.09. The van der Waals surface area contributed by atoms with Crippen LogP contribution in [0.1, 0.15) is 52.9 Å². The molecule has 0 aliphatic carbocycles. The van der Waals surface area contributed by atoms with Crippen LogP contribution in [-0.2, 0) is 17.6 Å². The summed E-state index contributed by atoms with van der Waals surface area (Å²) in [4.78, 5) is 22.6. The Morgan fingerprint density at radius 3 is 1.62 bits per heavy atom. The predicted molar refractivity (Wildman–Crippen MR) is 124 cm³/mol. The summed E-state index contributed by atoms with van der Waals surface area (Å²) in [5.74, 6) is -1.45. The number of hydrogen-bond donors (Lipinski definition) is 1. The molecule has 1 N–H and O–H groups in total. The van der Waals surface area contributed by atoms with E-state index in [-0.39, 0.29) is 5.69 Å². The third kappa shape index (κ3) is 5.71. The molecule has 0 atom stereocenters. The van der Waals surface area contributed by atoms with Gasteiger partial charge in [0.1, 0.15) is 0 Å². The molecule has 10 nitrogen and oxygen atoms in total. The van der Waals surface area contributed by atoms with Crippen LogP contribution in [0.3, 0.4) is 0 Å². The molecule has 0 radical (unpaired) electrons. The van der Waals surface area contributed by atoms with Gasteiger partial charge in [-0.05, 0) is 55.2 Å². The fourth-order valence-corrected chi connectivity index (χ4v) is 3.09. The first-order valence-electron chi connectivity index (χ1n) is 10.9. The van der Waals surface area contributed by atoms with Crippen molar-refractivity contribution in [3.05, 3.63) is 83.4 Å². The molecule has 0 amide bonds. The Kier molecular flexibility index (Phi) is 8.22. The minimum absolute atomic E-state index is 0.0595. The molecule has 2 aromatic carbocycles. The van der Waals surface area contributed by atoms with E-state index < -0.39 is 11.9 Å². The highest BCUT2D eigenvalue weighted by atomic mass is 16.5. The van der Waals surface area contributed by atoms with E-state index in [1.807, 2.05) is 48.5 Å². The predicted octanol–water partition coefficient (Wildman–Crippen LogP) is 3.53. The van der Waals surface area contributed by atoms with Gasteiger partial charge in [0.25, 0.3) is 0 Å². The van der Waals surface area contributed by atoms with Crippen LogP contribution in [0, 0.1) is 0 Å². The molecular formula is C24H26N6O4. The van der Waals surface area contributed by atoms with Gasteiger partial charge in [-0.3, -0.25) is 0 Å². The van der Waals surface area contributed by atoms with Gasteiger partial charge in [0.05, 0.1) is 30.4 Å². The van der Waals surface area contributed by atoms with Crippen molar-refractivity contribution in [2.45, 2.75) is 33.6 Å². The number of ether oxygens (including phenoxy) is 1. The van der Waals surface area contributed by atoms with Gasteiger partial charge in [-0.25, -0.2) is 19.0 Å². The van der Waals surface area contributed by atoms with E-state index in [0.29, 0.717) is 18.0 Å². The van der Waals surface area contributed by atoms with Crippen molar-refractivity contribution in [3.8, 4) is 11.4 Å². The summed E-state index contributed by atoms with van der Waals surface area (Å²) in [5, 5.41) is 23.9. The third-order valence-electron chi connectivity index (χ3n) is 4.98. The Bertz CT molecular complexity index is 1230. The molecule has 0 saturated heterocycles. The maximum Gasteiger partial charge on any atom is 0.358 e. The van der Waals surface area contributed by atoms with Gasteiger partial charge in [-0.2, -0.15) is 0 Å². The van der Waals surface area contributed by atoms with Crippen LogP contribution in [0.15, 0.2) is 60.9 Å². The molecule has 0 aliphatic heterocycles. The molecule has 0 aliphatic rings. The minimum Gasteiger partial charge on any atom is -0.476 e. The van der Waals surface area contributed by atoms with Crippen LogP contribution in [0.25, 0.3) is 11.4 Å². The first-order valence-corrected chi connectivity index (χ1v) is 10.9. The lowest BCUT2D eigenvalue weighted by molar-refractivity contribution is 0.0515. The van der Waals surface area contributed by atoms with Crippen LogP contribution in [-0.4, -0.2) is 53.6 Å². The van der Waals surface area contributed by atoms with Gasteiger partial charge in [0, 0.05) is 0 Å². The zero-order valence-electron chi connectivity index (χ0n) is 19.3. The number of nitrogens with zero attached hydrogens (tertiary/aromatic N) is 6. The second-order valence-electron chi connectivity index (χ2n) is 7.13. The van der Waals surface area contributed by atoms with Gasteiger partial charge in [0.15, 0.2) is 11.4 Å². The van der Waals surface area contributed by atoms with E-state index in [1.165, 1.54) is 32.9 Å². The van der Waals surface area contributed by atoms with Crippen LogP contribution < -0.4 is 0 Å². The number of aromatic nitrogens is 6. The number of carboxylic acid groups (broad SMARTS) is 1. The van der Waals surface area contributed by atoms with Crippen molar-refractivity contribution >= 4 is 11.9 Å². The van der Waals surface area contributed by atoms with E-state index in [4.69, 9.17) is 9.84 Å². The zero-order valence-corrected chi connectivity index (χ0v) is 19.3. The summed E-state index contributed by atoms with van der Waals surface area (Å²) in [7, 11) is 0. The van der Waals surface area contributed by atoms with Crippen LogP contribution >= 0.6 is 0 Å². The summed E-state index contributed by atoms with van der Waals surface area (Å²) in [5.41, 5.74) is 4.32. The van der Waals surface area contributed by atoms with Crippen LogP contribution in [0.2, 0.25) is 0 Å². The average molecular weight is 463 g/mol. The Labute approximate surface area is 196 Å². The SMILES string of the molecule is CCOC(=O)c1cnnn1-c1ccc(CC)cc1.CCc1ccc(-n2nncc2C(=O)O)cc1. The van der Waals surface area contributed by atoms with Gasteiger partial charge in [-0.15, -0.1) is 10.2 Å². The monoisotopic (exact) mass is 462 g/mol. The summed E-state index contributed by atoms with van der Waals surface area (Å²) in [6.07, 6.45) is 4.56. The lowest BCUT2D eigenvalue weighted by atomic mass is 10.1. The highest BCUT2D eigenvalue weighted by Crippen LogP contribution is 2.13. The standard InChI is InChI=1S/C13H15N3O2.C11H11N3O2/c1-3-10-5-7-11(8-6-10)16-12(9-14-15-16)13(17)18-4-2;1-2-8-3-5-9(6-4-8)14-10(11(15)16)7-12-13-14/h5-9H,3-4H2,1-2H3;3-7H,2H2,1H3,(H,15,16). The smallest absolute Gasteiger partial charge is 0.358 e. The lowest BCUT2D eigenvalue weighted by Crippen LogP contribution is -2.11. The number of carbonyl (C=O) groups is 2. The molecule has 0 saturated carbocycles. The first kappa shape index (κ1) is 24.3. The Morgan fingerprint density at radius 1 is 0.765 bits per heavy atom. The Morgan fingerprint density at radius 2 is 1.21 bits per heavy atom. The highest BCUT2D eigenvalue weighted by molar-refractivity contribution is 5.87. The number of benzene rings is 2. The average Bonchev–Trinajstić information content (AvgIpc) is 3.55. The molecule has 10 heteroatoms. The number of hydrogen-bond acceptors (Lipinski definition) is 7. The van der Waals surface area contributed by atoms with Crippen molar-refractivity contribution in [1.82, 2.24) is 30.0 Å². The van der Waals surface area contributed by atoms with E-state index in [9.17, 15) is 9.59 Å². The largest absolute Gasteiger partial charge is 0.476 e. The number of aryl methyl sites for hydroxylation is 2. The summed E-state index contributed by atoms with van der Waals surface area (Å²) in [6.45, 7) is 6.25. The maximum absolute atomic E-state index is 11.7. The summed E-state index contributed by atoms with van der Waals surface area (Å²) >= 11 is 0. The molecule has 2 heterocycles. The van der Waals surface area contributed by atoms with E-state index in [2.05, 4.69) is 34.5 Å². The number of esters is 1. The Balaban J connectivity index is 0.000000192. The molecule has 4 rings (SSSR count). The molecule has 2 aromatic heterocycles. The van der Waals surface area contributed by atoms with Crippen LogP contribution in [0.5, 0.6) is 0 Å². The van der Waals surface area contributed by atoms with Gasteiger partial charge < -0.3 is 9.84 Å². The topological polar surface area (TPSA) is 125 Å². The minimum atomic E-state index is -1.04. The molecule has 0 fully saturated rings. The van der Waals surface area contributed by atoms with Crippen LogP contribution in [0.4, 0.5) is 0 Å². The van der Waals surface area contributed by atoms with Crippen molar-refractivity contribution < 1.29 is 19.4 Å². The molecular weight excluding hydrogens is 436 g/mol. The highest BCUT2D eigenvalue weighted by Gasteiger charge is 2.15. The number of aromatic carboxylic acids is 1. The lowest BCUT2D eigenvalue weighted by Gasteiger charge is -2.06. The van der Waals surface area contributed by atoms with Gasteiger partial charge in [0.2, 0.25) is 0 Å². The van der Waals surface area contributed by atoms with Crippen molar-refractivity contribution in [2.24, 2.45) is 0 Å². The third-order valence-corrected chi connectivity index (χ3v) is 4.98. The van der Waals surface area contributed by atoms with Gasteiger partial charge >= 0.3 is 11.9 Å². The van der Waals surface area contributed by atoms with E-state index in [1.54, 1.807) is 6.92 Å². The number of rotatable bonds is 7. The molecule has 0 spiro atoms. The molecule has 0 unspecified atom stereocenters. The van der Waals surface area contributed by atoms with Gasteiger partial charge in [-0.1, -0.05) is 48.5 Å². The summed E-state index contributed by atoms with van der Waals surface area (Å²) < 4.78 is 7.74. The van der Waals surface area contributed by atoms with Crippen molar-refractivity contribution in [1.29, 1.82) is 0 Å². The van der Waals surface area contributed by atoms with Crippen molar-refractivity contribution in [2.75, 3.05) is 6.61 Å². The van der Waals surface area contributed by atoms with Crippen molar-refractivity contribution in [3.63, 3.8) is 0 Å². The second kappa shape index (κ2) is 11.5. The normalized spacial score (nSPS) is 10.3. The number of carbonyl (C=O) groups excluding carboxylic acids is 1. The molecule has 176 valence electrons. The molecule has 34 heavy (non-hydrogen) atoms. The molecule has 0 bridgehead atoms. The Hall–Kier alpha value is -4.34.